The van der Waals surface area contributed by atoms with Gasteiger partial charge in [-0.15, -0.1) is 0 Å². The predicted molar refractivity (Wildman–Crippen MR) is 30.5 cm³/mol. The Bertz CT molecular complexity index is 158. The molecular formula is C4H6F3O3P. The molecule has 3 nitrogen and oxygen atoms in total. The van der Waals surface area contributed by atoms with Crippen molar-refractivity contribution in [2.24, 2.45) is 5.92 Å². The molecule has 0 spiro atoms. The first kappa shape index (κ1) is 9.03. The zero-order valence-corrected chi connectivity index (χ0v) is 6.35. The summed E-state index contributed by atoms with van der Waals surface area (Å²) < 4.78 is 54.2. The van der Waals surface area contributed by atoms with E-state index in [0.29, 0.717) is 0 Å². The van der Waals surface area contributed by atoms with E-state index in [4.69, 9.17) is 0 Å². The Kier molecular flexibility index (Phi) is 2.57. The van der Waals surface area contributed by atoms with E-state index in [1.54, 1.807) is 0 Å². The largest absolute Gasteiger partial charge is 0.396 e. The molecule has 1 fully saturated rings. The molecule has 66 valence electrons. The van der Waals surface area contributed by atoms with Crippen LogP contribution in [0.1, 0.15) is 0 Å². The van der Waals surface area contributed by atoms with Gasteiger partial charge in [-0.1, -0.05) is 0 Å². The van der Waals surface area contributed by atoms with E-state index in [9.17, 15) is 17.7 Å². The van der Waals surface area contributed by atoms with Gasteiger partial charge in [0, 0.05) is 0 Å². The van der Waals surface area contributed by atoms with Gasteiger partial charge in [-0.3, -0.25) is 4.57 Å². The Hall–Kier alpha value is -0.0600. The molecule has 0 atom stereocenters. The van der Waals surface area contributed by atoms with Gasteiger partial charge in [0.2, 0.25) is 0 Å². The van der Waals surface area contributed by atoms with E-state index in [-0.39, 0.29) is 0 Å². The number of halogens is 3. The van der Waals surface area contributed by atoms with E-state index in [2.05, 4.69) is 9.05 Å². The van der Waals surface area contributed by atoms with Crippen molar-refractivity contribution < 1.29 is 26.8 Å². The molecule has 1 aliphatic heterocycles. The molecular weight excluding hydrogens is 184 g/mol. The smallest absolute Gasteiger partial charge is 0.310 e. The van der Waals surface area contributed by atoms with Crippen molar-refractivity contribution >= 4 is 8.25 Å². The van der Waals surface area contributed by atoms with Crippen LogP contribution in [0.3, 0.4) is 0 Å². The van der Waals surface area contributed by atoms with Gasteiger partial charge in [0.15, 0.2) is 0 Å². The Balaban J connectivity index is 2.45. The van der Waals surface area contributed by atoms with Crippen molar-refractivity contribution in [2.45, 2.75) is 6.18 Å². The minimum atomic E-state index is -4.32. The van der Waals surface area contributed by atoms with E-state index in [0.717, 1.165) is 0 Å². The molecule has 0 aromatic heterocycles. The lowest BCUT2D eigenvalue weighted by atomic mass is 10.2. The van der Waals surface area contributed by atoms with Crippen LogP contribution in [-0.2, 0) is 13.6 Å². The van der Waals surface area contributed by atoms with Crippen LogP contribution in [0.25, 0.3) is 0 Å². The topological polar surface area (TPSA) is 35.5 Å². The van der Waals surface area contributed by atoms with Crippen LogP contribution >= 0.6 is 8.25 Å². The molecule has 0 radical (unpaired) electrons. The molecule has 1 aliphatic rings. The minimum Gasteiger partial charge on any atom is -0.310 e. The average molecular weight is 190 g/mol. The zero-order valence-electron chi connectivity index (χ0n) is 5.35. The molecule has 1 heterocycles. The predicted octanol–water partition coefficient (Wildman–Crippen LogP) is 1.60. The van der Waals surface area contributed by atoms with Crippen molar-refractivity contribution in [3.8, 4) is 0 Å². The van der Waals surface area contributed by atoms with Crippen LogP contribution in [0.15, 0.2) is 0 Å². The van der Waals surface area contributed by atoms with Crippen LogP contribution in [-0.4, -0.2) is 19.4 Å². The molecule has 0 aromatic rings. The van der Waals surface area contributed by atoms with Crippen LogP contribution in [0.4, 0.5) is 13.2 Å². The van der Waals surface area contributed by atoms with Crippen molar-refractivity contribution in [2.75, 3.05) is 13.2 Å². The highest BCUT2D eigenvalue weighted by Crippen LogP contribution is 2.37. The molecule has 0 unspecified atom stereocenters. The second-order valence-electron chi connectivity index (χ2n) is 2.11. The molecule has 0 aromatic carbocycles. The maximum atomic E-state index is 11.8. The molecule has 0 aliphatic carbocycles. The molecule has 11 heavy (non-hydrogen) atoms. The van der Waals surface area contributed by atoms with Crippen LogP contribution in [0.5, 0.6) is 0 Å². The summed E-state index contributed by atoms with van der Waals surface area (Å²) >= 11 is 0. The standard InChI is InChI=1S/C4H6F3O3P/c5-4(6,7)3-1-9-11(8)10-2-3/h3,11H,1-2H2. The monoisotopic (exact) mass is 190 g/mol. The molecule has 0 saturated carbocycles. The third kappa shape index (κ3) is 2.47. The maximum absolute atomic E-state index is 11.8. The average Bonchev–Trinajstić information content (AvgIpc) is 1.86. The fourth-order valence-electron chi connectivity index (χ4n) is 0.616. The van der Waals surface area contributed by atoms with Gasteiger partial charge >= 0.3 is 14.4 Å². The van der Waals surface area contributed by atoms with E-state index < -0.39 is 33.6 Å². The van der Waals surface area contributed by atoms with Gasteiger partial charge in [0.25, 0.3) is 0 Å². The molecule has 0 amide bonds. The summed E-state index contributed by atoms with van der Waals surface area (Å²) in [6, 6.07) is 0. The number of alkyl halides is 3. The van der Waals surface area contributed by atoms with Crippen molar-refractivity contribution in [3.05, 3.63) is 0 Å². The summed E-state index contributed by atoms with van der Waals surface area (Å²) in [6.07, 6.45) is -4.32. The first-order valence-electron chi connectivity index (χ1n) is 2.86. The van der Waals surface area contributed by atoms with Gasteiger partial charge in [-0.25, -0.2) is 0 Å². The summed E-state index contributed by atoms with van der Waals surface area (Å²) in [5, 5.41) is 0. The van der Waals surface area contributed by atoms with Crippen molar-refractivity contribution in [3.63, 3.8) is 0 Å². The van der Waals surface area contributed by atoms with Crippen LogP contribution in [0.2, 0.25) is 0 Å². The second-order valence-corrected chi connectivity index (χ2v) is 3.19. The SMILES string of the molecule is O=[PH]1OCC(C(F)(F)F)CO1. The highest BCUT2D eigenvalue weighted by molar-refractivity contribution is 7.33. The second kappa shape index (κ2) is 3.13. The summed E-state index contributed by atoms with van der Waals surface area (Å²) in [5.41, 5.74) is 0. The summed E-state index contributed by atoms with van der Waals surface area (Å²) in [4.78, 5) is 0. The number of hydrogen-bond donors (Lipinski definition) is 0. The lowest BCUT2D eigenvalue weighted by Crippen LogP contribution is -2.32. The van der Waals surface area contributed by atoms with Crippen LogP contribution in [0, 0.1) is 5.92 Å². The highest BCUT2D eigenvalue weighted by Gasteiger charge is 2.42. The maximum Gasteiger partial charge on any atom is 0.396 e. The normalized spacial score (nSPS) is 33.7. The lowest BCUT2D eigenvalue weighted by Gasteiger charge is -2.23. The van der Waals surface area contributed by atoms with E-state index >= 15 is 0 Å². The summed E-state index contributed by atoms with van der Waals surface area (Å²) in [6.45, 7) is -1.11. The Morgan fingerprint density at radius 1 is 1.27 bits per heavy atom. The van der Waals surface area contributed by atoms with Gasteiger partial charge in [0.05, 0.1) is 13.2 Å². The number of rotatable bonds is 0. The third-order valence-corrected chi connectivity index (χ3v) is 2.07. The fraction of sp³-hybridized carbons (Fsp3) is 1.00. The van der Waals surface area contributed by atoms with Crippen molar-refractivity contribution in [1.29, 1.82) is 0 Å². The Labute approximate surface area is 61.4 Å². The highest BCUT2D eigenvalue weighted by atomic mass is 31.1. The van der Waals surface area contributed by atoms with Crippen LogP contribution < -0.4 is 0 Å². The Morgan fingerprint density at radius 2 is 1.73 bits per heavy atom. The van der Waals surface area contributed by atoms with Gasteiger partial charge < -0.3 is 9.05 Å². The van der Waals surface area contributed by atoms with Gasteiger partial charge in [0.1, 0.15) is 5.92 Å². The Morgan fingerprint density at radius 3 is 2.09 bits per heavy atom. The fourth-order valence-corrected chi connectivity index (χ4v) is 1.37. The molecule has 1 saturated heterocycles. The summed E-state index contributed by atoms with van der Waals surface area (Å²) in [7, 11) is -2.64. The first-order valence-corrected chi connectivity index (χ1v) is 4.09. The molecule has 0 N–H and O–H groups in total. The molecule has 1 rings (SSSR count). The zero-order chi connectivity index (χ0) is 8.48. The third-order valence-electron chi connectivity index (χ3n) is 1.27. The van der Waals surface area contributed by atoms with Crippen molar-refractivity contribution in [1.82, 2.24) is 0 Å². The lowest BCUT2D eigenvalue weighted by molar-refractivity contribution is -0.195. The van der Waals surface area contributed by atoms with E-state index in [1.807, 2.05) is 0 Å². The molecule has 0 bridgehead atoms. The quantitative estimate of drug-likeness (QED) is 0.544. The van der Waals surface area contributed by atoms with Gasteiger partial charge in [-0.05, 0) is 0 Å². The minimum absolute atomic E-state index is 0.554. The summed E-state index contributed by atoms with van der Waals surface area (Å²) in [5.74, 6) is -1.63. The number of hydrogen-bond acceptors (Lipinski definition) is 3. The molecule has 7 heteroatoms. The van der Waals surface area contributed by atoms with E-state index in [1.165, 1.54) is 0 Å². The first-order chi connectivity index (χ1) is 5.00. The van der Waals surface area contributed by atoms with Gasteiger partial charge in [-0.2, -0.15) is 13.2 Å².